The summed E-state index contributed by atoms with van der Waals surface area (Å²) in [4.78, 5) is 0. The average Bonchev–Trinajstić information content (AvgIpc) is 4.28. The molecule has 16 rings (SSSR count). The van der Waals surface area contributed by atoms with Crippen LogP contribution in [0.15, 0.2) is 237 Å². The molecule has 16 aromatic rings. The Morgan fingerprint density at radius 2 is 0.467 bits per heavy atom. The SMILES string of the molecule is N#Cc1c(-n2c3ccccc3c3ccccc32)c(C#N)c(-n2c3ccccc3c3ccccc32)c(-n2c3ccccc3c3cc4c5ccccc5n(-c5ccccc5)c4cc32)c1-n1c2ccccc2c2ccccc21. The van der Waals surface area contributed by atoms with Gasteiger partial charge in [-0.25, -0.2) is 0 Å². The molecule has 0 aliphatic heterocycles. The standard InChI is InChI=1S/C68H39N7/c69-40-53-65(72-56-31-13-4-22-43(56)44-23-5-14-32-57(44)72)54(41-70)67(74-60-35-17-8-26-47(60)48-27-9-18-36-61(48)74)68(66(53)73-58-33-15-6-24-45(58)46-25-7-16-34-59(46)73)75-62-37-19-11-29-50(62)52-38-51-49-28-10-12-30-55(49)71(63(51)39-64(52)75)42-20-2-1-3-21-42/h1-39H. The highest BCUT2D eigenvalue weighted by atomic mass is 15.1. The van der Waals surface area contributed by atoms with Crippen LogP contribution in [-0.2, 0) is 0 Å². The molecule has 5 aromatic heterocycles. The van der Waals surface area contributed by atoms with Crippen molar-refractivity contribution in [3.63, 3.8) is 0 Å². The molecule has 0 unspecified atom stereocenters. The lowest BCUT2D eigenvalue weighted by Gasteiger charge is -2.27. The highest BCUT2D eigenvalue weighted by molar-refractivity contribution is 6.21. The van der Waals surface area contributed by atoms with E-state index < -0.39 is 0 Å². The van der Waals surface area contributed by atoms with Crippen molar-refractivity contribution < 1.29 is 0 Å². The van der Waals surface area contributed by atoms with Gasteiger partial charge in [0.05, 0.1) is 77.9 Å². The van der Waals surface area contributed by atoms with Crippen LogP contribution in [0, 0.1) is 22.7 Å². The number of hydrogen-bond donors (Lipinski definition) is 0. The third-order valence-corrected chi connectivity index (χ3v) is 15.7. The normalized spacial score (nSPS) is 12.0. The van der Waals surface area contributed by atoms with Crippen LogP contribution < -0.4 is 0 Å². The van der Waals surface area contributed by atoms with Crippen LogP contribution in [0.25, 0.3) is 137 Å². The molecule has 0 fully saturated rings. The third kappa shape index (κ3) is 5.45. The largest absolute Gasteiger partial charge is 0.309 e. The molecule has 346 valence electrons. The monoisotopic (exact) mass is 953 g/mol. The minimum atomic E-state index is 0.370. The minimum Gasteiger partial charge on any atom is -0.309 e. The number of fused-ring (bicyclic) bond motifs is 15. The molecule has 0 N–H and O–H groups in total. The lowest BCUT2D eigenvalue weighted by Crippen LogP contribution is -2.17. The van der Waals surface area contributed by atoms with Gasteiger partial charge in [-0.15, -0.1) is 0 Å². The second-order valence-corrected chi connectivity index (χ2v) is 19.4. The first-order valence-electron chi connectivity index (χ1n) is 25.2. The zero-order valence-corrected chi connectivity index (χ0v) is 40.1. The first-order valence-corrected chi connectivity index (χ1v) is 25.2. The fourth-order valence-corrected chi connectivity index (χ4v) is 12.8. The molecule has 11 aromatic carbocycles. The molecule has 0 saturated heterocycles. The Morgan fingerprint density at radius 3 is 0.800 bits per heavy atom. The second kappa shape index (κ2) is 15.5. The quantitative estimate of drug-likeness (QED) is 0.172. The lowest BCUT2D eigenvalue weighted by molar-refractivity contribution is 1.02. The van der Waals surface area contributed by atoms with E-state index in [9.17, 15) is 10.5 Å². The van der Waals surface area contributed by atoms with E-state index in [1.807, 2.05) is 12.1 Å². The van der Waals surface area contributed by atoms with Gasteiger partial charge in [-0.1, -0.05) is 164 Å². The van der Waals surface area contributed by atoms with Gasteiger partial charge in [0.1, 0.15) is 23.3 Å². The van der Waals surface area contributed by atoms with E-state index in [2.05, 4.69) is 259 Å². The van der Waals surface area contributed by atoms with E-state index in [-0.39, 0.29) is 0 Å². The van der Waals surface area contributed by atoms with Gasteiger partial charge in [0.15, 0.2) is 0 Å². The van der Waals surface area contributed by atoms with Crippen molar-refractivity contribution in [2.24, 2.45) is 0 Å². The van der Waals surface area contributed by atoms with Gasteiger partial charge < -0.3 is 22.8 Å². The number of nitrogens with zero attached hydrogens (tertiary/aromatic N) is 7. The number of rotatable bonds is 5. The molecule has 7 heteroatoms. The summed E-state index contributed by atoms with van der Waals surface area (Å²) >= 11 is 0. The van der Waals surface area contributed by atoms with Gasteiger partial charge >= 0.3 is 0 Å². The van der Waals surface area contributed by atoms with E-state index in [0.29, 0.717) is 33.9 Å². The van der Waals surface area contributed by atoms with Crippen LogP contribution in [-0.4, -0.2) is 22.8 Å². The summed E-state index contributed by atoms with van der Waals surface area (Å²) in [6, 6.07) is 88.9. The molecular formula is C68H39N7. The Balaban J connectivity index is 1.23. The summed E-state index contributed by atoms with van der Waals surface area (Å²) in [5.41, 5.74) is 13.9. The number of nitriles is 2. The number of hydrogen-bond acceptors (Lipinski definition) is 2. The zero-order valence-electron chi connectivity index (χ0n) is 40.1. The summed E-state index contributed by atoms with van der Waals surface area (Å²) in [5.74, 6) is 0. The fraction of sp³-hybridized carbons (Fsp3) is 0. The number of aromatic nitrogens is 5. The van der Waals surface area contributed by atoms with Gasteiger partial charge in [-0.2, -0.15) is 10.5 Å². The maximum Gasteiger partial charge on any atom is 0.104 e. The molecular weight excluding hydrogens is 915 g/mol. The summed E-state index contributed by atoms with van der Waals surface area (Å²) in [5, 5.41) is 35.7. The van der Waals surface area contributed by atoms with Gasteiger partial charge in [0, 0.05) is 59.5 Å². The maximum atomic E-state index is 12.5. The highest BCUT2D eigenvalue weighted by Crippen LogP contribution is 2.49. The number of benzene rings is 11. The fourth-order valence-electron chi connectivity index (χ4n) is 12.8. The average molecular weight is 954 g/mol. The summed E-state index contributed by atoms with van der Waals surface area (Å²) in [7, 11) is 0. The second-order valence-electron chi connectivity index (χ2n) is 19.4. The van der Waals surface area contributed by atoms with E-state index in [1.54, 1.807) is 0 Å². The van der Waals surface area contributed by atoms with E-state index in [4.69, 9.17) is 0 Å². The van der Waals surface area contributed by atoms with Crippen LogP contribution >= 0.6 is 0 Å². The predicted octanol–water partition coefficient (Wildman–Crippen LogP) is 16.9. The molecule has 0 atom stereocenters. The maximum absolute atomic E-state index is 12.5. The Bertz CT molecular complexity index is 4900. The Morgan fingerprint density at radius 1 is 0.213 bits per heavy atom. The van der Waals surface area contributed by atoms with E-state index in [1.165, 1.54) is 0 Å². The van der Waals surface area contributed by atoms with Gasteiger partial charge in [-0.3, -0.25) is 0 Å². The molecule has 7 nitrogen and oxygen atoms in total. The van der Waals surface area contributed by atoms with Crippen molar-refractivity contribution in [2.45, 2.75) is 0 Å². The summed E-state index contributed by atoms with van der Waals surface area (Å²) in [6.45, 7) is 0. The van der Waals surface area contributed by atoms with Gasteiger partial charge in [-0.05, 0) is 72.8 Å². The molecule has 0 aliphatic carbocycles. The van der Waals surface area contributed by atoms with Gasteiger partial charge in [0.2, 0.25) is 0 Å². The molecule has 75 heavy (non-hydrogen) atoms. The molecule has 0 bridgehead atoms. The van der Waals surface area contributed by atoms with Gasteiger partial charge in [0.25, 0.3) is 0 Å². The third-order valence-electron chi connectivity index (χ3n) is 15.7. The van der Waals surface area contributed by atoms with Crippen LogP contribution in [0.5, 0.6) is 0 Å². The lowest BCUT2D eigenvalue weighted by atomic mass is 9.98. The van der Waals surface area contributed by atoms with Crippen molar-refractivity contribution in [2.75, 3.05) is 0 Å². The topological polar surface area (TPSA) is 72.2 Å². The molecule has 0 aliphatic rings. The zero-order chi connectivity index (χ0) is 49.5. The Hall–Kier alpha value is -10.6. The van der Waals surface area contributed by atoms with E-state index >= 15 is 0 Å². The number of para-hydroxylation sites is 9. The molecule has 0 radical (unpaired) electrons. The first kappa shape index (κ1) is 41.1. The summed E-state index contributed by atoms with van der Waals surface area (Å²) in [6.07, 6.45) is 0. The molecule has 5 heterocycles. The predicted molar refractivity (Wildman–Crippen MR) is 308 cm³/mol. The Labute approximate surface area is 428 Å². The van der Waals surface area contributed by atoms with Crippen LogP contribution in [0.2, 0.25) is 0 Å². The van der Waals surface area contributed by atoms with Crippen LogP contribution in [0.3, 0.4) is 0 Å². The van der Waals surface area contributed by atoms with Crippen molar-refractivity contribution in [1.29, 1.82) is 10.5 Å². The molecule has 0 spiro atoms. The smallest absolute Gasteiger partial charge is 0.104 e. The summed E-state index contributed by atoms with van der Waals surface area (Å²) < 4.78 is 11.5. The highest BCUT2D eigenvalue weighted by Gasteiger charge is 2.35. The van der Waals surface area contributed by atoms with Crippen molar-refractivity contribution >= 4 is 109 Å². The van der Waals surface area contributed by atoms with Crippen molar-refractivity contribution in [3.8, 4) is 40.6 Å². The van der Waals surface area contributed by atoms with Crippen LogP contribution in [0.1, 0.15) is 11.1 Å². The molecule has 0 amide bonds. The van der Waals surface area contributed by atoms with Crippen LogP contribution in [0.4, 0.5) is 0 Å². The molecule has 0 saturated carbocycles. The van der Waals surface area contributed by atoms with Crippen molar-refractivity contribution in [1.82, 2.24) is 22.8 Å². The Kier molecular flexibility index (Phi) is 8.46. The van der Waals surface area contributed by atoms with E-state index in [0.717, 1.165) is 115 Å². The minimum absolute atomic E-state index is 0.370. The first-order chi connectivity index (χ1) is 37.2. The van der Waals surface area contributed by atoms with Crippen molar-refractivity contribution in [3.05, 3.63) is 248 Å².